The molecule has 0 N–H and O–H groups in total. The smallest absolute Gasteiger partial charge is 0.0663 e. The van der Waals surface area contributed by atoms with Crippen LogP contribution < -0.4 is 5.19 Å². The zero-order valence-electron chi connectivity index (χ0n) is 18.1. The second-order valence-corrected chi connectivity index (χ2v) is 11.4. The van der Waals surface area contributed by atoms with Gasteiger partial charge in [-0.2, -0.15) is 0 Å². The van der Waals surface area contributed by atoms with Crippen LogP contribution in [0.4, 0.5) is 0 Å². The Hall–Kier alpha value is -2.12. The fraction of sp³-hybridized carbons (Fsp3) is 0.308. The second kappa shape index (κ2) is 7.48. The van der Waals surface area contributed by atoms with E-state index < -0.39 is 8.80 Å². The Bertz CT molecular complexity index is 887. The lowest BCUT2D eigenvalue weighted by atomic mass is 9.89. The van der Waals surface area contributed by atoms with Gasteiger partial charge in [-0.1, -0.05) is 66.7 Å². The molecule has 3 aromatic carbocycles. The first-order valence-electron chi connectivity index (χ1n) is 10.00. The van der Waals surface area contributed by atoms with Crippen molar-refractivity contribution in [2.45, 2.75) is 54.6 Å². The number of benzene rings is 3. The first-order valence-corrected chi connectivity index (χ1v) is 12.9. The molecule has 0 spiro atoms. The minimum Gasteiger partial charge on any atom is -0.0682 e. The van der Waals surface area contributed by atoms with Crippen molar-refractivity contribution in [1.82, 2.24) is 0 Å². The summed E-state index contributed by atoms with van der Waals surface area (Å²) in [5.41, 5.74) is 14.0. The van der Waals surface area contributed by atoms with Gasteiger partial charge < -0.3 is 0 Å². The SMILES string of the molecule is Cc1cc(C)c(-c2cccc(-c3c(C)cc(C)cc3C)c2[SiH](C)C)c(C)c1. The van der Waals surface area contributed by atoms with E-state index in [1.807, 2.05) is 0 Å². The number of aryl methyl sites for hydroxylation is 6. The van der Waals surface area contributed by atoms with E-state index in [9.17, 15) is 0 Å². The largest absolute Gasteiger partial charge is 0.0682 e. The average molecular weight is 373 g/mol. The van der Waals surface area contributed by atoms with Gasteiger partial charge in [0.05, 0.1) is 8.80 Å². The molecule has 0 aliphatic heterocycles. The van der Waals surface area contributed by atoms with Gasteiger partial charge in [-0.3, -0.25) is 0 Å². The Kier molecular flexibility index (Phi) is 5.44. The highest BCUT2D eigenvalue weighted by molar-refractivity contribution is 6.73. The van der Waals surface area contributed by atoms with E-state index in [4.69, 9.17) is 0 Å². The van der Waals surface area contributed by atoms with Crippen LogP contribution in [0.15, 0.2) is 42.5 Å². The predicted octanol–water partition coefficient (Wildman–Crippen LogP) is 6.56. The number of hydrogen-bond donors (Lipinski definition) is 0. The third kappa shape index (κ3) is 3.66. The molecular weight excluding hydrogens is 340 g/mol. The first-order chi connectivity index (χ1) is 12.7. The highest BCUT2D eigenvalue weighted by Crippen LogP contribution is 2.33. The van der Waals surface area contributed by atoms with Gasteiger partial charge in [0.2, 0.25) is 0 Å². The van der Waals surface area contributed by atoms with Gasteiger partial charge in [-0.15, -0.1) is 0 Å². The number of hydrogen-bond acceptors (Lipinski definition) is 0. The molecule has 140 valence electrons. The Labute approximate surface area is 166 Å². The summed E-state index contributed by atoms with van der Waals surface area (Å²) in [6, 6.07) is 16.2. The van der Waals surface area contributed by atoms with Crippen molar-refractivity contribution in [3.63, 3.8) is 0 Å². The molecule has 0 fully saturated rings. The van der Waals surface area contributed by atoms with E-state index in [1.165, 1.54) is 55.6 Å². The maximum Gasteiger partial charge on any atom is 0.0663 e. The topological polar surface area (TPSA) is 0 Å². The highest BCUT2D eigenvalue weighted by Gasteiger charge is 2.20. The van der Waals surface area contributed by atoms with Crippen molar-refractivity contribution < 1.29 is 0 Å². The standard InChI is InChI=1S/C26H32Si/c1-16-12-18(3)24(19(4)13-16)22-10-9-11-23(26(22)27(7)8)25-20(5)14-17(2)15-21(25)6/h9-15,27H,1-8H3. The van der Waals surface area contributed by atoms with E-state index in [2.05, 4.69) is 97.1 Å². The Morgan fingerprint density at radius 2 is 0.889 bits per heavy atom. The van der Waals surface area contributed by atoms with Crippen LogP contribution in [0.5, 0.6) is 0 Å². The van der Waals surface area contributed by atoms with Gasteiger partial charge >= 0.3 is 0 Å². The zero-order chi connectivity index (χ0) is 19.9. The molecule has 3 rings (SSSR count). The molecule has 0 amide bonds. The van der Waals surface area contributed by atoms with E-state index in [0.717, 1.165) is 0 Å². The molecule has 0 radical (unpaired) electrons. The highest BCUT2D eigenvalue weighted by atomic mass is 28.3. The Balaban J connectivity index is 2.37. The van der Waals surface area contributed by atoms with Gasteiger partial charge in [-0.25, -0.2) is 0 Å². The van der Waals surface area contributed by atoms with E-state index >= 15 is 0 Å². The van der Waals surface area contributed by atoms with Crippen molar-refractivity contribution in [3.05, 3.63) is 75.8 Å². The Morgan fingerprint density at radius 1 is 0.556 bits per heavy atom. The van der Waals surface area contributed by atoms with Crippen molar-refractivity contribution in [3.8, 4) is 22.3 Å². The van der Waals surface area contributed by atoms with Crippen LogP contribution >= 0.6 is 0 Å². The Morgan fingerprint density at radius 3 is 1.19 bits per heavy atom. The van der Waals surface area contributed by atoms with Crippen LogP contribution in [0.1, 0.15) is 33.4 Å². The first kappa shape index (κ1) is 19.6. The van der Waals surface area contributed by atoms with Gasteiger partial charge in [0, 0.05) is 0 Å². The fourth-order valence-electron chi connectivity index (χ4n) is 4.83. The summed E-state index contributed by atoms with van der Waals surface area (Å²) >= 11 is 0. The third-order valence-electron chi connectivity index (χ3n) is 5.58. The minimum absolute atomic E-state index is 1.05. The molecule has 0 aliphatic carbocycles. The van der Waals surface area contributed by atoms with E-state index in [-0.39, 0.29) is 0 Å². The summed E-state index contributed by atoms with van der Waals surface area (Å²) < 4.78 is 0. The maximum absolute atomic E-state index is 2.46. The van der Waals surface area contributed by atoms with Gasteiger partial charge in [0.15, 0.2) is 0 Å². The molecule has 3 aromatic rings. The molecule has 0 bridgehead atoms. The lowest BCUT2D eigenvalue weighted by molar-refractivity contribution is 1.31. The molecule has 0 saturated carbocycles. The quantitative estimate of drug-likeness (QED) is 0.456. The summed E-state index contributed by atoms with van der Waals surface area (Å²) in [6.07, 6.45) is 0. The zero-order valence-corrected chi connectivity index (χ0v) is 19.3. The third-order valence-corrected chi connectivity index (χ3v) is 7.35. The van der Waals surface area contributed by atoms with Gasteiger partial charge in [0.1, 0.15) is 0 Å². The van der Waals surface area contributed by atoms with Crippen molar-refractivity contribution in [1.29, 1.82) is 0 Å². The van der Waals surface area contributed by atoms with Gasteiger partial charge in [-0.05, 0) is 91.2 Å². The average Bonchev–Trinajstić information content (AvgIpc) is 2.52. The van der Waals surface area contributed by atoms with Crippen LogP contribution in [0.2, 0.25) is 13.1 Å². The second-order valence-electron chi connectivity index (χ2n) is 8.47. The number of rotatable bonds is 3. The minimum atomic E-state index is -1.05. The van der Waals surface area contributed by atoms with Crippen LogP contribution in [-0.2, 0) is 0 Å². The van der Waals surface area contributed by atoms with Crippen molar-refractivity contribution in [2.75, 3.05) is 0 Å². The van der Waals surface area contributed by atoms with Crippen LogP contribution in [-0.4, -0.2) is 8.80 Å². The predicted molar refractivity (Wildman–Crippen MR) is 124 cm³/mol. The van der Waals surface area contributed by atoms with E-state index in [1.54, 1.807) is 5.19 Å². The monoisotopic (exact) mass is 372 g/mol. The summed E-state index contributed by atoms with van der Waals surface area (Å²) in [4.78, 5) is 0. The van der Waals surface area contributed by atoms with Crippen LogP contribution in [0, 0.1) is 41.5 Å². The molecule has 0 saturated heterocycles. The fourth-order valence-corrected chi connectivity index (χ4v) is 6.56. The lowest BCUT2D eigenvalue weighted by Crippen LogP contribution is -2.28. The maximum atomic E-state index is 2.46. The van der Waals surface area contributed by atoms with E-state index in [0.29, 0.717) is 0 Å². The molecule has 0 atom stereocenters. The summed E-state index contributed by atoms with van der Waals surface area (Å²) in [5.74, 6) is 0. The normalized spacial score (nSPS) is 11.3. The summed E-state index contributed by atoms with van der Waals surface area (Å²) in [6.45, 7) is 18.3. The molecule has 27 heavy (non-hydrogen) atoms. The molecule has 0 heterocycles. The van der Waals surface area contributed by atoms with Crippen molar-refractivity contribution >= 4 is 14.0 Å². The lowest BCUT2D eigenvalue weighted by Gasteiger charge is -2.23. The molecule has 0 unspecified atom stereocenters. The van der Waals surface area contributed by atoms with Gasteiger partial charge in [0.25, 0.3) is 0 Å². The summed E-state index contributed by atoms with van der Waals surface area (Å²) in [5, 5.41) is 1.60. The molecule has 0 nitrogen and oxygen atoms in total. The molecule has 1 heteroatoms. The van der Waals surface area contributed by atoms with Crippen molar-refractivity contribution in [2.24, 2.45) is 0 Å². The molecule has 0 aliphatic rings. The molecule has 0 aromatic heterocycles. The van der Waals surface area contributed by atoms with Crippen LogP contribution in [0.25, 0.3) is 22.3 Å². The summed E-state index contributed by atoms with van der Waals surface area (Å²) in [7, 11) is -1.05. The van der Waals surface area contributed by atoms with Crippen LogP contribution in [0.3, 0.4) is 0 Å². The molecular formula is C26H32Si.